The van der Waals surface area contributed by atoms with Crippen LogP contribution in [0.5, 0.6) is 0 Å². The predicted octanol–water partition coefficient (Wildman–Crippen LogP) is 2.02. The van der Waals surface area contributed by atoms with E-state index in [0.29, 0.717) is 5.15 Å². The van der Waals surface area contributed by atoms with Gasteiger partial charge in [0.05, 0.1) is 12.1 Å². The molecule has 1 N–H and O–H groups in total. The maximum Gasteiger partial charge on any atom is 0.155 e. The molecule has 3 nitrogen and oxygen atoms in total. The molecule has 0 aliphatic heterocycles. The summed E-state index contributed by atoms with van der Waals surface area (Å²) >= 11 is 6.01. The van der Waals surface area contributed by atoms with Crippen LogP contribution in [0.15, 0.2) is 18.3 Å². The quantitative estimate of drug-likeness (QED) is 0.820. The smallest absolute Gasteiger partial charge is 0.155 e. The number of nitrogens with one attached hydrogen (secondary N) is 1. The Morgan fingerprint density at radius 2 is 2.29 bits per heavy atom. The number of halogens is 1. The molecule has 74 valence electrons. The van der Waals surface area contributed by atoms with Gasteiger partial charge in [-0.05, 0) is 25.6 Å². The number of hydrogen-bond acceptors (Lipinski definition) is 2. The summed E-state index contributed by atoms with van der Waals surface area (Å²) in [5.74, 6) is 0.941. The Kier molecular flexibility index (Phi) is 2.44. The molecule has 0 bridgehead atoms. The van der Waals surface area contributed by atoms with Gasteiger partial charge >= 0.3 is 0 Å². The van der Waals surface area contributed by atoms with Gasteiger partial charge < -0.3 is 9.72 Å². The van der Waals surface area contributed by atoms with E-state index in [9.17, 15) is 0 Å². The van der Waals surface area contributed by atoms with E-state index in [1.165, 1.54) is 5.56 Å². The summed E-state index contributed by atoms with van der Waals surface area (Å²) in [7, 11) is 1.89. The zero-order valence-electron chi connectivity index (χ0n) is 8.21. The molecule has 0 saturated heterocycles. The molecule has 0 saturated carbocycles. The molecule has 2 rings (SSSR count). The van der Waals surface area contributed by atoms with Crippen LogP contribution in [0.1, 0.15) is 11.4 Å². The van der Waals surface area contributed by atoms with E-state index in [4.69, 9.17) is 11.6 Å². The average molecular weight is 210 g/mol. The van der Waals surface area contributed by atoms with Crippen LogP contribution in [0.2, 0.25) is 5.15 Å². The Bertz CT molecular complexity index is 462. The second kappa shape index (κ2) is 3.59. The molecule has 2 aromatic heterocycles. The van der Waals surface area contributed by atoms with Gasteiger partial charge in [0.2, 0.25) is 0 Å². The van der Waals surface area contributed by atoms with E-state index in [1.807, 2.05) is 29.8 Å². The lowest BCUT2D eigenvalue weighted by Gasteiger charge is -2.00. The normalized spacial score (nSPS) is 11.1. The monoisotopic (exact) mass is 209 g/mol. The predicted molar refractivity (Wildman–Crippen MR) is 57.7 cm³/mol. The number of imidazole rings is 1. The van der Waals surface area contributed by atoms with Gasteiger partial charge in [-0.25, -0.2) is 4.98 Å². The van der Waals surface area contributed by atoms with Crippen molar-refractivity contribution in [3.63, 3.8) is 0 Å². The highest BCUT2D eigenvalue weighted by Crippen LogP contribution is 2.18. The summed E-state index contributed by atoms with van der Waals surface area (Å²) in [5.41, 5.74) is 2.16. The lowest BCUT2D eigenvalue weighted by Crippen LogP contribution is -2.08. The molecule has 0 amide bonds. The fourth-order valence-corrected chi connectivity index (χ4v) is 1.75. The molecular weight excluding hydrogens is 198 g/mol. The van der Waals surface area contributed by atoms with E-state index >= 15 is 0 Å². The molecule has 0 aliphatic rings. The van der Waals surface area contributed by atoms with Gasteiger partial charge in [-0.15, -0.1) is 0 Å². The van der Waals surface area contributed by atoms with Crippen molar-refractivity contribution >= 4 is 17.1 Å². The molecule has 0 aromatic carbocycles. The Labute approximate surface area is 87.7 Å². The second-order valence-corrected chi connectivity index (χ2v) is 3.67. The fraction of sp³-hybridized carbons (Fsp3) is 0.300. The van der Waals surface area contributed by atoms with Crippen LogP contribution in [0.4, 0.5) is 0 Å². The summed E-state index contributed by atoms with van der Waals surface area (Å²) in [6, 6.07) is 4.02. The van der Waals surface area contributed by atoms with Crippen LogP contribution in [0.3, 0.4) is 0 Å². The summed E-state index contributed by atoms with van der Waals surface area (Å²) in [6.45, 7) is 2.77. The Balaban J connectivity index is 2.66. The molecular formula is C10H12ClN3. The van der Waals surface area contributed by atoms with Gasteiger partial charge in [-0.3, -0.25) is 0 Å². The van der Waals surface area contributed by atoms with Gasteiger partial charge in [0.15, 0.2) is 5.15 Å². The summed E-state index contributed by atoms with van der Waals surface area (Å²) in [5, 5.41) is 3.63. The third-order valence-corrected chi connectivity index (χ3v) is 2.43. The standard InChI is InChI=1S/C10H12ClN3/c1-7-3-4-8-10(11)13-9(5-12-2)14(8)6-7/h3-4,6,12H,5H2,1-2H3. The number of fused-ring (bicyclic) bond motifs is 1. The number of hydrogen-bond donors (Lipinski definition) is 1. The zero-order chi connectivity index (χ0) is 10.1. The van der Waals surface area contributed by atoms with Gasteiger partial charge in [0.1, 0.15) is 5.82 Å². The molecule has 14 heavy (non-hydrogen) atoms. The molecule has 2 aromatic rings. The average Bonchev–Trinajstić information content (AvgIpc) is 2.44. The van der Waals surface area contributed by atoms with Crippen molar-refractivity contribution in [3.05, 3.63) is 34.9 Å². The highest BCUT2D eigenvalue weighted by atomic mass is 35.5. The number of pyridine rings is 1. The van der Waals surface area contributed by atoms with Crippen LogP contribution in [-0.2, 0) is 6.54 Å². The van der Waals surface area contributed by atoms with Crippen LogP contribution in [0.25, 0.3) is 5.52 Å². The van der Waals surface area contributed by atoms with Crippen LogP contribution in [-0.4, -0.2) is 16.4 Å². The first-order chi connectivity index (χ1) is 6.72. The fourth-order valence-electron chi connectivity index (χ4n) is 1.50. The van der Waals surface area contributed by atoms with Crippen molar-refractivity contribution in [1.82, 2.24) is 14.7 Å². The van der Waals surface area contributed by atoms with Crippen molar-refractivity contribution in [2.75, 3.05) is 7.05 Å². The van der Waals surface area contributed by atoms with E-state index in [0.717, 1.165) is 17.9 Å². The van der Waals surface area contributed by atoms with Crippen LogP contribution in [0, 0.1) is 6.92 Å². The van der Waals surface area contributed by atoms with Crippen molar-refractivity contribution in [2.24, 2.45) is 0 Å². The van der Waals surface area contributed by atoms with E-state index in [-0.39, 0.29) is 0 Å². The number of nitrogens with zero attached hydrogens (tertiary/aromatic N) is 2. The maximum atomic E-state index is 6.01. The molecule has 0 fully saturated rings. The van der Waals surface area contributed by atoms with Crippen molar-refractivity contribution in [2.45, 2.75) is 13.5 Å². The Hall–Kier alpha value is -1.06. The minimum Gasteiger partial charge on any atom is -0.313 e. The Morgan fingerprint density at radius 1 is 1.50 bits per heavy atom. The lowest BCUT2D eigenvalue weighted by atomic mass is 10.3. The molecule has 0 aliphatic carbocycles. The topological polar surface area (TPSA) is 29.3 Å². The largest absolute Gasteiger partial charge is 0.313 e. The first kappa shape index (κ1) is 9.49. The molecule has 0 unspecified atom stereocenters. The lowest BCUT2D eigenvalue weighted by molar-refractivity contribution is 0.754. The minimum atomic E-state index is 0.565. The first-order valence-electron chi connectivity index (χ1n) is 4.50. The summed E-state index contributed by atoms with van der Waals surface area (Å²) in [6.07, 6.45) is 2.04. The zero-order valence-corrected chi connectivity index (χ0v) is 8.97. The minimum absolute atomic E-state index is 0.565. The summed E-state index contributed by atoms with van der Waals surface area (Å²) < 4.78 is 2.02. The SMILES string of the molecule is CNCc1nc(Cl)c2ccc(C)cn12. The van der Waals surface area contributed by atoms with E-state index in [2.05, 4.69) is 17.2 Å². The van der Waals surface area contributed by atoms with Crippen LogP contribution >= 0.6 is 11.6 Å². The van der Waals surface area contributed by atoms with Gasteiger partial charge in [0.25, 0.3) is 0 Å². The van der Waals surface area contributed by atoms with Gasteiger partial charge in [-0.2, -0.15) is 0 Å². The molecule has 4 heteroatoms. The van der Waals surface area contributed by atoms with E-state index in [1.54, 1.807) is 0 Å². The number of rotatable bonds is 2. The van der Waals surface area contributed by atoms with Crippen molar-refractivity contribution in [1.29, 1.82) is 0 Å². The number of aryl methyl sites for hydroxylation is 1. The molecule has 0 radical (unpaired) electrons. The third kappa shape index (κ3) is 1.49. The van der Waals surface area contributed by atoms with E-state index < -0.39 is 0 Å². The summed E-state index contributed by atoms with van der Waals surface area (Å²) in [4.78, 5) is 4.29. The van der Waals surface area contributed by atoms with Crippen LogP contribution < -0.4 is 5.32 Å². The maximum absolute atomic E-state index is 6.01. The second-order valence-electron chi connectivity index (χ2n) is 3.31. The van der Waals surface area contributed by atoms with Crippen molar-refractivity contribution in [3.8, 4) is 0 Å². The number of aromatic nitrogens is 2. The highest BCUT2D eigenvalue weighted by Gasteiger charge is 2.07. The molecule has 2 heterocycles. The first-order valence-corrected chi connectivity index (χ1v) is 4.88. The third-order valence-electron chi connectivity index (χ3n) is 2.15. The highest BCUT2D eigenvalue weighted by molar-refractivity contribution is 6.32. The van der Waals surface area contributed by atoms with Gasteiger partial charge in [0, 0.05) is 6.20 Å². The molecule has 0 spiro atoms. The van der Waals surface area contributed by atoms with Crippen molar-refractivity contribution < 1.29 is 0 Å². The molecule has 0 atom stereocenters. The van der Waals surface area contributed by atoms with Gasteiger partial charge in [-0.1, -0.05) is 17.7 Å². The Morgan fingerprint density at radius 3 is 3.00 bits per heavy atom.